The molecule has 1 unspecified atom stereocenters. The highest BCUT2D eigenvalue weighted by atomic mass is 16.5. The molecule has 0 aromatic heterocycles. The number of fused-ring (bicyclic) bond motifs is 3. The Bertz CT molecular complexity index is 643. The van der Waals surface area contributed by atoms with Crippen molar-refractivity contribution in [2.75, 3.05) is 0 Å². The number of benzene rings is 2. The van der Waals surface area contributed by atoms with Crippen LogP contribution in [0.1, 0.15) is 22.8 Å². The first-order valence-electron chi connectivity index (χ1n) is 6.21. The van der Waals surface area contributed by atoms with Crippen LogP contribution in [0.15, 0.2) is 55.1 Å². The zero-order valence-electron chi connectivity index (χ0n) is 10.4. The summed E-state index contributed by atoms with van der Waals surface area (Å²) in [4.78, 5) is 10.7. The van der Waals surface area contributed by atoms with Crippen molar-refractivity contribution >= 4 is 6.47 Å². The van der Waals surface area contributed by atoms with Crippen molar-refractivity contribution in [1.82, 2.24) is 0 Å². The van der Waals surface area contributed by atoms with Crippen LogP contribution in [0, 0.1) is 0 Å². The van der Waals surface area contributed by atoms with Crippen LogP contribution in [0.2, 0.25) is 0 Å². The van der Waals surface area contributed by atoms with Gasteiger partial charge in [0.25, 0.3) is 0 Å². The molecular weight excluding hydrogens is 236 g/mol. The van der Waals surface area contributed by atoms with Crippen molar-refractivity contribution in [3.05, 3.63) is 71.8 Å². The van der Waals surface area contributed by atoms with E-state index in [4.69, 9.17) is 4.74 Å². The predicted molar refractivity (Wildman–Crippen MR) is 74.4 cm³/mol. The molecule has 93 valence electrons. The zero-order chi connectivity index (χ0) is 13.2. The Hall–Kier alpha value is -2.35. The van der Waals surface area contributed by atoms with E-state index in [-0.39, 0.29) is 6.10 Å². The van der Waals surface area contributed by atoms with Gasteiger partial charge in [-0.15, -0.1) is 6.58 Å². The van der Waals surface area contributed by atoms with Gasteiger partial charge in [0.1, 0.15) is 0 Å². The molecule has 0 aliphatic heterocycles. The maximum absolute atomic E-state index is 10.7. The lowest BCUT2D eigenvalue weighted by molar-refractivity contribution is 0.219. The van der Waals surface area contributed by atoms with Gasteiger partial charge in [0.2, 0.25) is 0 Å². The molecule has 0 saturated heterocycles. The largest absolute Gasteiger partial charge is 0.444 e. The van der Waals surface area contributed by atoms with Crippen molar-refractivity contribution in [3.63, 3.8) is 0 Å². The van der Waals surface area contributed by atoms with Crippen molar-refractivity contribution in [2.24, 2.45) is 0 Å². The number of hydrogen-bond donors (Lipinski definition) is 0. The lowest BCUT2D eigenvalue weighted by Crippen LogP contribution is -2.04. The first-order chi connectivity index (χ1) is 9.36. The summed E-state index contributed by atoms with van der Waals surface area (Å²) in [5.74, 6) is 0. The molecule has 0 amide bonds. The third-order valence-electron chi connectivity index (χ3n) is 3.52. The molecule has 1 radical (unpaired) electrons. The monoisotopic (exact) mass is 249 g/mol. The molecule has 0 fully saturated rings. The Kier molecular flexibility index (Phi) is 2.92. The fourth-order valence-electron chi connectivity index (χ4n) is 2.79. The number of allylic oxidation sites excluding steroid dienone is 1. The second-order valence-corrected chi connectivity index (χ2v) is 4.54. The fourth-order valence-corrected chi connectivity index (χ4v) is 2.79. The molecule has 0 N–H and O–H groups in total. The quantitative estimate of drug-likeness (QED) is 0.774. The van der Waals surface area contributed by atoms with E-state index < -0.39 is 0 Å². The normalized spacial score (nSPS) is 15.5. The van der Waals surface area contributed by atoms with E-state index in [1.54, 1.807) is 6.47 Å². The highest BCUT2D eigenvalue weighted by Crippen LogP contribution is 2.46. The van der Waals surface area contributed by atoms with Gasteiger partial charge >= 0.3 is 6.47 Å². The molecule has 0 spiro atoms. The molecule has 3 rings (SSSR count). The van der Waals surface area contributed by atoms with Crippen LogP contribution in [0.4, 0.5) is 0 Å². The van der Waals surface area contributed by atoms with Gasteiger partial charge in [-0.1, -0.05) is 48.5 Å². The van der Waals surface area contributed by atoms with E-state index in [0.717, 1.165) is 34.2 Å². The molecule has 2 nitrogen and oxygen atoms in total. The summed E-state index contributed by atoms with van der Waals surface area (Å²) < 4.78 is 5.20. The second kappa shape index (κ2) is 4.73. The van der Waals surface area contributed by atoms with Crippen LogP contribution in [0.5, 0.6) is 0 Å². The van der Waals surface area contributed by atoms with Crippen LogP contribution in [-0.2, 0) is 16.0 Å². The Morgan fingerprint density at radius 3 is 2.74 bits per heavy atom. The fraction of sp³-hybridized carbons (Fsp3) is 0.118. The van der Waals surface area contributed by atoms with Gasteiger partial charge in [-0.05, 0) is 23.1 Å². The highest BCUT2D eigenvalue weighted by molar-refractivity contribution is 5.80. The summed E-state index contributed by atoms with van der Waals surface area (Å²) >= 11 is 0. The molecular formula is C17H13O2. The first kappa shape index (κ1) is 11.7. The molecule has 1 aliphatic carbocycles. The minimum atomic E-state index is -0.347. The highest BCUT2D eigenvalue weighted by Gasteiger charge is 2.31. The average Bonchev–Trinajstić information content (AvgIpc) is 2.76. The predicted octanol–water partition coefficient (Wildman–Crippen LogP) is 3.57. The molecule has 19 heavy (non-hydrogen) atoms. The third kappa shape index (κ3) is 1.76. The molecule has 2 aromatic carbocycles. The van der Waals surface area contributed by atoms with Crippen LogP contribution in [-0.4, -0.2) is 6.47 Å². The van der Waals surface area contributed by atoms with Gasteiger partial charge in [0.05, 0.1) is 0 Å². The van der Waals surface area contributed by atoms with Crippen LogP contribution in [0.3, 0.4) is 0 Å². The van der Waals surface area contributed by atoms with Crippen LogP contribution < -0.4 is 0 Å². The van der Waals surface area contributed by atoms with E-state index in [9.17, 15) is 4.79 Å². The number of rotatable bonds is 4. The van der Waals surface area contributed by atoms with Crippen molar-refractivity contribution in [2.45, 2.75) is 12.5 Å². The SMILES string of the molecule is C=CCc1cccc2c1C(O[C]=O)c1ccccc1-2. The third-order valence-corrected chi connectivity index (χ3v) is 3.52. The van der Waals surface area contributed by atoms with Crippen molar-refractivity contribution in [3.8, 4) is 11.1 Å². The summed E-state index contributed by atoms with van der Waals surface area (Å²) in [6, 6.07) is 14.1. The Morgan fingerprint density at radius 1 is 1.16 bits per heavy atom. The minimum Gasteiger partial charge on any atom is -0.444 e. The van der Waals surface area contributed by atoms with Crippen molar-refractivity contribution in [1.29, 1.82) is 0 Å². The number of hydrogen-bond acceptors (Lipinski definition) is 2. The second-order valence-electron chi connectivity index (χ2n) is 4.54. The maximum atomic E-state index is 10.7. The van der Waals surface area contributed by atoms with E-state index in [0.29, 0.717) is 0 Å². The molecule has 1 atom stereocenters. The summed E-state index contributed by atoms with van der Waals surface area (Å²) in [6.45, 7) is 5.37. The average molecular weight is 249 g/mol. The number of ether oxygens (including phenoxy) is 1. The summed E-state index contributed by atoms with van der Waals surface area (Å²) in [6.07, 6.45) is 2.27. The van der Waals surface area contributed by atoms with E-state index in [1.807, 2.05) is 36.4 Å². The number of carbonyl (C=O) groups excluding carboxylic acids is 1. The summed E-state index contributed by atoms with van der Waals surface area (Å²) in [7, 11) is 0. The summed E-state index contributed by atoms with van der Waals surface area (Å²) in [5.41, 5.74) is 5.49. The minimum absolute atomic E-state index is 0.347. The van der Waals surface area contributed by atoms with E-state index in [1.165, 1.54) is 0 Å². The molecule has 1 aliphatic rings. The maximum Gasteiger partial charge on any atom is 0.418 e. The molecule has 0 heterocycles. The molecule has 0 saturated carbocycles. The molecule has 2 aromatic rings. The Labute approximate surface area is 112 Å². The zero-order valence-corrected chi connectivity index (χ0v) is 10.4. The van der Waals surface area contributed by atoms with Crippen LogP contribution >= 0.6 is 0 Å². The lowest BCUT2D eigenvalue weighted by atomic mass is 9.98. The van der Waals surface area contributed by atoms with Gasteiger partial charge in [0, 0.05) is 11.1 Å². The molecule has 0 bridgehead atoms. The smallest absolute Gasteiger partial charge is 0.418 e. The van der Waals surface area contributed by atoms with Gasteiger partial charge in [-0.2, -0.15) is 0 Å². The summed E-state index contributed by atoms with van der Waals surface area (Å²) in [5, 5.41) is 0. The van der Waals surface area contributed by atoms with Gasteiger partial charge in [-0.25, -0.2) is 4.79 Å². The van der Waals surface area contributed by atoms with Gasteiger partial charge in [-0.3, -0.25) is 0 Å². The Balaban J connectivity index is 2.24. The van der Waals surface area contributed by atoms with E-state index >= 15 is 0 Å². The first-order valence-corrected chi connectivity index (χ1v) is 6.21. The van der Waals surface area contributed by atoms with Crippen LogP contribution in [0.25, 0.3) is 11.1 Å². The topological polar surface area (TPSA) is 26.3 Å². The standard InChI is InChI=1S/C17H13O2/c1-2-6-12-7-5-10-14-13-8-3-4-9-15(13)17(16(12)14)19-11-18/h2-5,7-10,17H,1,6H2. The lowest BCUT2D eigenvalue weighted by Gasteiger charge is -2.14. The van der Waals surface area contributed by atoms with Gasteiger partial charge in [0.15, 0.2) is 6.10 Å². The molecule has 2 heteroatoms. The van der Waals surface area contributed by atoms with Crippen molar-refractivity contribution < 1.29 is 9.53 Å². The van der Waals surface area contributed by atoms with Gasteiger partial charge < -0.3 is 4.74 Å². The van der Waals surface area contributed by atoms with E-state index in [2.05, 4.69) is 18.7 Å². The Morgan fingerprint density at radius 2 is 1.95 bits per heavy atom.